The molecule has 17 heavy (non-hydrogen) atoms. The van der Waals surface area contributed by atoms with Crippen molar-refractivity contribution in [1.82, 2.24) is 4.90 Å². The van der Waals surface area contributed by atoms with Crippen LogP contribution in [0.5, 0.6) is 0 Å². The van der Waals surface area contributed by atoms with Gasteiger partial charge in [-0.15, -0.1) is 23.2 Å². The highest BCUT2D eigenvalue weighted by Crippen LogP contribution is 2.64. The molecule has 1 aliphatic carbocycles. The van der Waals surface area contributed by atoms with E-state index < -0.39 is 9.75 Å². The van der Waals surface area contributed by atoms with Crippen molar-refractivity contribution in [3.8, 4) is 0 Å². The van der Waals surface area contributed by atoms with E-state index in [1.807, 2.05) is 0 Å². The lowest BCUT2D eigenvalue weighted by Crippen LogP contribution is -2.45. The van der Waals surface area contributed by atoms with Gasteiger partial charge < -0.3 is 10.6 Å². The number of rotatable bonds is 2. The fraction of sp³-hybridized carbons (Fsp3) is 0.818. The predicted octanol–water partition coefficient (Wildman–Crippen LogP) is 1.29. The second kappa shape index (κ2) is 4.02. The number of nitrogens with zero attached hydrogens (tertiary/aromatic N) is 1. The lowest BCUT2D eigenvalue weighted by atomic mass is 9.95. The van der Waals surface area contributed by atoms with E-state index >= 15 is 0 Å². The average Bonchev–Trinajstić information content (AvgIpc) is 2.78. The van der Waals surface area contributed by atoms with Crippen molar-refractivity contribution in [2.75, 3.05) is 13.1 Å². The Morgan fingerprint density at radius 1 is 1.29 bits per heavy atom. The number of carbonyl (C=O) groups is 2. The van der Waals surface area contributed by atoms with Gasteiger partial charge in [0.2, 0.25) is 11.8 Å². The van der Waals surface area contributed by atoms with Crippen molar-refractivity contribution in [2.45, 2.75) is 30.5 Å². The molecule has 1 unspecified atom stereocenters. The SMILES string of the molecule is CC1(C(=O)N2CCC(C(N)=O)CC2)CC1(Cl)Cl. The maximum Gasteiger partial charge on any atom is 0.231 e. The summed E-state index contributed by atoms with van der Waals surface area (Å²) < 4.78 is -0.926. The third kappa shape index (κ3) is 2.13. The van der Waals surface area contributed by atoms with Gasteiger partial charge in [-0.2, -0.15) is 0 Å². The van der Waals surface area contributed by atoms with Crippen molar-refractivity contribution in [2.24, 2.45) is 17.1 Å². The largest absolute Gasteiger partial charge is 0.369 e. The predicted molar refractivity (Wildman–Crippen MR) is 65.7 cm³/mol. The molecule has 2 aliphatic rings. The summed E-state index contributed by atoms with van der Waals surface area (Å²) in [6, 6.07) is 0. The Kier molecular flexibility index (Phi) is 3.07. The molecule has 1 saturated heterocycles. The maximum absolute atomic E-state index is 12.2. The zero-order valence-electron chi connectivity index (χ0n) is 9.71. The first kappa shape index (κ1) is 13.0. The van der Waals surface area contributed by atoms with E-state index in [2.05, 4.69) is 0 Å². The summed E-state index contributed by atoms with van der Waals surface area (Å²) >= 11 is 12.0. The first-order chi connectivity index (χ1) is 7.78. The van der Waals surface area contributed by atoms with E-state index in [4.69, 9.17) is 28.9 Å². The molecule has 1 aliphatic heterocycles. The summed E-state index contributed by atoms with van der Waals surface area (Å²) in [5.41, 5.74) is 4.59. The van der Waals surface area contributed by atoms with Gasteiger partial charge in [0.05, 0.1) is 5.41 Å². The molecule has 2 fully saturated rings. The minimum Gasteiger partial charge on any atom is -0.369 e. The summed E-state index contributed by atoms with van der Waals surface area (Å²) in [7, 11) is 0. The minimum atomic E-state index is -0.926. The van der Waals surface area contributed by atoms with Crippen molar-refractivity contribution in [1.29, 1.82) is 0 Å². The van der Waals surface area contributed by atoms with Crippen LogP contribution in [0.2, 0.25) is 0 Å². The number of nitrogens with two attached hydrogens (primary N) is 1. The Morgan fingerprint density at radius 3 is 2.12 bits per heavy atom. The van der Waals surface area contributed by atoms with Gasteiger partial charge in [-0.25, -0.2) is 0 Å². The second-order valence-electron chi connectivity index (χ2n) is 5.18. The molecule has 2 amide bonds. The summed E-state index contributed by atoms with van der Waals surface area (Å²) in [4.78, 5) is 25.0. The van der Waals surface area contributed by atoms with Crippen LogP contribution in [0, 0.1) is 11.3 Å². The highest BCUT2D eigenvalue weighted by molar-refractivity contribution is 6.53. The van der Waals surface area contributed by atoms with Gasteiger partial charge in [-0.05, 0) is 26.2 Å². The number of halogens is 2. The van der Waals surface area contributed by atoms with Crippen LogP contribution >= 0.6 is 23.2 Å². The molecular formula is C11H16Cl2N2O2. The quantitative estimate of drug-likeness (QED) is 0.774. The number of hydrogen-bond acceptors (Lipinski definition) is 2. The topological polar surface area (TPSA) is 63.4 Å². The van der Waals surface area contributed by atoms with E-state index in [9.17, 15) is 9.59 Å². The number of hydrogen-bond donors (Lipinski definition) is 1. The molecule has 6 heteroatoms. The van der Waals surface area contributed by atoms with E-state index in [0.29, 0.717) is 32.4 Å². The van der Waals surface area contributed by atoms with Crippen LogP contribution < -0.4 is 5.73 Å². The molecule has 0 aromatic heterocycles. The molecule has 96 valence electrons. The van der Waals surface area contributed by atoms with Crippen molar-refractivity contribution >= 4 is 35.0 Å². The fourth-order valence-corrected chi connectivity index (χ4v) is 3.04. The van der Waals surface area contributed by atoms with Crippen molar-refractivity contribution in [3.05, 3.63) is 0 Å². The van der Waals surface area contributed by atoms with Crippen molar-refractivity contribution < 1.29 is 9.59 Å². The molecule has 2 N–H and O–H groups in total. The molecule has 2 rings (SSSR count). The second-order valence-corrected chi connectivity index (χ2v) is 6.67. The number of likely N-dealkylation sites (tertiary alicyclic amines) is 1. The van der Waals surface area contributed by atoms with E-state index in [1.54, 1.807) is 11.8 Å². The summed E-state index contributed by atoms with van der Waals surface area (Å²) in [5, 5.41) is 0. The Hall–Kier alpha value is -0.480. The minimum absolute atomic E-state index is 0.00887. The third-order valence-corrected chi connectivity index (χ3v) is 5.02. The van der Waals surface area contributed by atoms with Gasteiger partial charge in [0.25, 0.3) is 0 Å². The number of piperidine rings is 1. The fourth-order valence-electron chi connectivity index (χ4n) is 2.35. The van der Waals surface area contributed by atoms with Crippen LogP contribution in [0.4, 0.5) is 0 Å². The molecule has 1 saturated carbocycles. The first-order valence-corrected chi connectivity index (χ1v) is 6.50. The van der Waals surface area contributed by atoms with Crippen LogP contribution in [0.1, 0.15) is 26.2 Å². The zero-order valence-corrected chi connectivity index (χ0v) is 11.2. The number of alkyl halides is 2. The number of carbonyl (C=O) groups excluding carboxylic acids is 2. The van der Waals surface area contributed by atoms with Crippen LogP contribution in [0.25, 0.3) is 0 Å². The summed E-state index contributed by atoms with van der Waals surface area (Å²) in [6.07, 6.45) is 1.77. The lowest BCUT2D eigenvalue weighted by Gasteiger charge is -2.32. The van der Waals surface area contributed by atoms with Crippen LogP contribution in [0.15, 0.2) is 0 Å². The average molecular weight is 279 g/mol. The smallest absolute Gasteiger partial charge is 0.231 e. The lowest BCUT2D eigenvalue weighted by molar-refractivity contribution is -0.139. The van der Waals surface area contributed by atoms with Gasteiger partial charge in [0, 0.05) is 19.0 Å². The van der Waals surface area contributed by atoms with E-state index in [-0.39, 0.29) is 17.7 Å². The normalized spacial score (nSPS) is 32.3. The molecule has 0 aromatic rings. The van der Waals surface area contributed by atoms with Crippen LogP contribution in [-0.4, -0.2) is 34.1 Å². The summed E-state index contributed by atoms with van der Waals surface area (Å²) in [5.74, 6) is -0.396. The van der Waals surface area contributed by atoms with Gasteiger partial charge in [-0.3, -0.25) is 9.59 Å². The first-order valence-electron chi connectivity index (χ1n) is 5.74. The Labute approximate surface area is 110 Å². The molecule has 1 atom stereocenters. The number of primary amides is 1. The van der Waals surface area contributed by atoms with E-state index in [1.165, 1.54) is 0 Å². The third-order valence-electron chi connectivity index (χ3n) is 3.91. The van der Waals surface area contributed by atoms with E-state index in [0.717, 1.165) is 0 Å². The number of amides is 2. The molecule has 0 bridgehead atoms. The molecule has 0 spiro atoms. The molecular weight excluding hydrogens is 263 g/mol. The maximum atomic E-state index is 12.2. The van der Waals surface area contributed by atoms with Crippen LogP contribution in [-0.2, 0) is 9.59 Å². The molecule has 1 heterocycles. The van der Waals surface area contributed by atoms with Gasteiger partial charge >= 0.3 is 0 Å². The molecule has 0 aromatic carbocycles. The Morgan fingerprint density at radius 2 is 1.76 bits per heavy atom. The Balaban J connectivity index is 1.94. The zero-order chi connectivity index (χ0) is 12.8. The Bertz CT molecular complexity index is 364. The summed E-state index contributed by atoms with van der Waals surface area (Å²) in [6.45, 7) is 2.91. The van der Waals surface area contributed by atoms with Gasteiger partial charge in [0.15, 0.2) is 0 Å². The van der Waals surface area contributed by atoms with Gasteiger partial charge in [0.1, 0.15) is 4.33 Å². The standard InChI is InChI=1S/C11H16Cl2N2O2/c1-10(6-11(10,12)13)9(17)15-4-2-7(3-5-15)8(14)16/h7H,2-6H2,1H3,(H2,14,16). The molecule has 4 nitrogen and oxygen atoms in total. The molecule has 0 radical (unpaired) electrons. The van der Waals surface area contributed by atoms with Crippen molar-refractivity contribution in [3.63, 3.8) is 0 Å². The van der Waals surface area contributed by atoms with Crippen LogP contribution in [0.3, 0.4) is 0 Å². The highest BCUT2D eigenvalue weighted by atomic mass is 35.5. The van der Waals surface area contributed by atoms with Gasteiger partial charge in [-0.1, -0.05) is 0 Å². The highest BCUT2D eigenvalue weighted by Gasteiger charge is 2.68. The monoisotopic (exact) mass is 278 g/mol.